The van der Waals surface area contributed by atoms with Gasteiger partial charge in [0.05, 0.1) is 23.2 Å². The number of anilines is 1. The van der Waals surface area contributed by atoms with Gasteiger partial charge in [0, 0.05) is 17.7 Å². The first-order chi connectivity index (χ1) is 14.7. The molecule has 1 atom stereocenters. The van der Waals surface area contributed by atoms with E-state index in [2.05, 4.69) is 10.4 Å². The van der Waals surface area contributed by atoms with Crippen LogP contribution in [0.1, 0.15) is 43.9 Å². The number of hydrogen-bond acceptors (Lipinski definition) is 6. The molecule has 0 saturated carbocycles. The molecule has 158 valence electrons. The Kier molecular flexibility index (Phi) is 4.04. The molecule has 0 spiro atoms. The Hall–Kier alpha value is -3.88. The van der Waals surface area contributed by atoms with Gasteiger partial charge in [-0.05, 0) is 30.0 Å². The van der Waals surface area contributed by atoms with Crippen LogP contribution < -0.4 is 10.9 Å². The molecule has 0 amide bonds. The molecule has 9 heteroatoms. The lowest BCUT2D eigenvalue weighted by Crippen LogP contribution is -2.35. The fourth-order valence-electron chi connectivity index (χ4n) is 4.53. The van der Waals surface area contributed by atoms with E-state index in [0.717, 1.165) is 0 Å². The zero-order valence-electron chi connectivity index (χ0n) is 17.0. The summed E-state index contributed by atoms with van der Waals surface area (Å²) in [4.78, 5) is 37.1. The van der Waals surface area contributed by atoms with Crippen LogP contribution in [-0.2, 0) is 4.79 Å². The minimum atomic E-state index is -0.822. The first-order valence-corrected chi connectivity index (χ1v) is 9.93. The standard InChI is InChI=1S/C22H20N4O5/c1-22(2)10-13-17(14(27)11-22)18(15-8-9-16(31-15)26(29)30)19-20(23-13)24-25(21(19)28)12-6-4-3-5-7-12/h3-9,18,23-24H,10-11H2,1-2H3/t18-/m0/s1. The summed E-state index contributed by atoms with van der Waals surface area (Å²) in [7, 11) is 0. The van der Waals surface area contributed by atoms with Crippen molar-refractivity contribution < 1.29 is 14.1 Å². The van der Waals surface area contributed by atoms with Gasteiger partial charge < -0.3 is 9.73 Å². The maximum atomic E-state index is 13.4. The number of carbonyl (C=O) groups excluding carboxylic acids is 1. The number of furan rings is 1. The summed E-state index contributed by atoms with van der Waals surface area (Å²) in [5.74, 6) is -0.689. The highest BCUT2D eigenvalue weighted by atomic mass is 16.6. The van der Waals surface area contributed by atoms with Gasteiger partial charge >= 0.3 is 5.88 Å². The van der Waals surface area contributed by atoms with Gasteiger partial charge in [-0.3, -0.25) is 24.8 Å². The molecule has 1 aliphatic heterocycles. The molecule has 3 heterocycles. The second-order valence-corrected chi connectivity index (χ2v) is 8.70. The second kappa shape index (κ2) is 6.56. The first-order valence-electron chi connectivity index (χ1n) is 9.93. The molecule has 0 unspecified atom stereocenters. The van der Waals surface area contributed by atoms with Crippen molar-refractivity contribution in [3.63, 3.8) is 0 Å². The average Bonchev–Trinajstić information content (AvgIpc) is 3.32. The topological polar surface area (TPSA) is 123 Å². The van der Waals surface area contributed by atoms with Gasteiger partial charge in [0.1, 0.15) is 16.5 Å². The SMILES string of the molecule is CC1(C)CC(=O)C2=C(C1)Nc1[nH]n(-c3ccccc3)c(=O)c1[C@H]2c1ccc([N+](=O)[O-])o1. The Morgan fingerprint density at radius 2 is 1.87 bits per heavy atom. The molecule has 0 radical (unpaired) electrons. The Morgan fingerprint density at radius 3 is 2.55 bits per heavy atom. The molecule has 2 N–H and O–H groups in total. The van der Waals surface area contributed by atoms with Crippen molar-refractivity contribution in [2.45, 2.75) is 32.6 Å². The monoisotopic (exact) mass is 420 g/mol. The summed E-state index contributed by atoms with van der Waals surface area (Å²) >= 11 is 0. The highest BCUT2D eigenvalue weighted by Gasteiger charge is 2.44. The predicted molar refractivity (Wildman–Crippen MR) is 112 cm³/mol. The number of rotatable bonds is 3. The number of nitro groups is 1. The van der Waals surface area contributed by atoms with Gasteiger partial charge in [-0.2, -0.15) is 0 Å². The van der Waals surface area contributed by atoms with Crippen LogP contribution in [0.4, 0.5) is 11.7 Å². The third-order valence-corrected chi connectivity index (χ3v) is 5.79. The van der Waals surface area contributed by atoms with Crippen LogP contribution in [0.5, 0.6) is 0 Å². The van der Waals surface area contributed by atoms with Gasteiger partial charge in [-0.1, -0.05) is 32.0 Å². The van der Waals surface area contributed by atoms with Gasteiger partial charge in [-0.25, -0.2) is 4.68 Å². The van der Waals surface area contributed by atoms with Gasteiger partial charge in [0.2, 0.25) is 0 Å². The Bertz CT molecular complexity index is 1310. The number of fused-ring (bicyclic) bond motifs is 1. The summed E-state index contributed by atoms with van der Waals surface area (Å²) in [5.41, 5.74) is 1.49. The van der Waals surface area contributed by atoms with E-state index in [1.165, 1.54) is 16.8 Å². The van der Waals surface area contributed by atoms with Gasteiger partial charge in [0.25, 0.3) is 5.56 Å². The maximum absolute atomic E-state index is 13.4. The van der Waals surface area contributed by atoms with E-state index >= 15 is 0 Å². The van der Waals surface area contributed by atoms with E-state index < -0.39 is 16.7 Å². The third kappa shape index (κ3) is 3.00. The molecule has 1 aliphatic carbocycles. The van der Waals surface area contributed by atoms with Crippen molar-refractivity contribution in [3.05, 3.63) is 85.5 Å². The fraction of sp³-hybridized carbons (Fsp3) is 0.273. The zero-order valence-corrected chi connectivity index (χ0v) is 17.0. The molecule has 9 nitrogen and oxygen atoms in total. The largest absolute Gasteiger partial charge is 0.433 e. The van der Waals surface area contributed by atoms with Crippen LogP contribution in [0.3, 0.4) is 0 Å². The number of carbonyl (C=O) groups is 1. The number of benzene rings is 1. The van der Waals surface area contributed by atoms with E-state index in [9.17, 15) is 19.7 Å². The van der Waals surface area contributed by atoms with E-state index in [1.807, 2.05) is 32.0 Å². The molecular weight excluding hydrogens is 400 g/mol. The Morgan fingerprint density at radius 1 is 1.13 bits per heavy atom. The van der Waals surface area contributed by atoms with Crippen molar-refractivity contribution >= 4 is 17.5 Å². The highest BCUT2D eigenvalue weighted by molar-refractivity contribution is 6.01. The summed E-state index contributed by atoms with van der Waals surface area (Å²) in [6.45, 7) is 4.02. The van der Waals surface area contributed by atoms with Crippen LogP contribution in [0, 0.1) is 15.5 Å². The highest BCUT2D eigenvalue weighted by Crippen LogP contribution is 2.48. The lowest BCUT2D eigenvalue weighted by atomic mass is 9.70. The number of hydrogen-bond donors (Lipinski definition) is 2. The third-order valence-electron chi connectivity index (χ3n) is 5.79. The number of allylic oxidation sites excluding steroid dienone is 2. The van der Waals surface area contributed by atoms with E-state index in [0.29, 0.717) is 41.2 Å². The second-order valence-electron chi connectivity index (χ2n) is 8.70. The van der Waals surface area contributed by atoms with Crippen LogP contribution in [0.15, 0.2) is 62.9 Å². The number of ketones is 1. The van der Waals surface area contributed by atoms with E-state index in [1.54, 1.807) is 12.1 Å². The minimum absolute atomic E-state index is 0.0969. The van der Waals surface area contributed by atoms with Gasteiger partial charge in [0.15, 0.2) is 5.78 Å². The average molecular weight is 420 g/mol. The van der Waals surface area contributed by atoms with Gasteiger partial charge in [-0.15, -0.1) is 0 Å². The number of aromatic amines is 1. The Labute approximate surface area is 176 Å². The number of nitrogens with zero attached hydrogens (tertiary/aromatic N) is 2. The fourth-order valence-corrected chi connectivity index (χ4v) is 4.53. The van der Waals surface area contributed by atoms with Crippen LogP contribution in [0.2, 0.25) is 0 Å². The quantitative estimate of drug-likeness (QED) is 0.490. The molecule has 0 saturated heterocycles. The van der Waals surface area contributed by atoms with E-state index in [4.69, 9.17) is 4.42 Å². The maximum Gasteiger partial charge on any atom is 0.433 e. The van der Waals surface area contributed by atoms with Crippen LogP contribution >= 0.6 is 0 Å². The molecule has 2 aliphatic rings. The lowest BCUT2D eigenvalue weighted by Gasteiger charge is -2.37. The van der Waals surface area contributed by atoms with Crippen molar-refractivity contribution in [2.24, 2.45) is 5.41 Å². The zero-order chi connectivity index (χ0) is 21.9. The normalized spacial score (nSPS) is 19.5. The minimum Gasteiger partial charge on any atom is -0.405 e. The number of Topliss-reactive ketones (excluding diaryl/α,β-unsaturated/α-hetero) is 1. The van der Waals surface area contributed by atoms with Crippen LogP contribution in [0.25, 0.3) is 5.69 Å². The lowest BCUT2D eigenvalue weighted by molar-refractivity contribution is -0.402. The smallest absolute Gasteiger partial charge is 0.405 e. The molecule has 3 aromatic rings. The number of nitrogens with one attached hydrogen (secondary N) is 2. The van der Waals surface area contributed by atoms with Crippen molar-refractivity contribution in [1.82, 2.24) is 9.78 Å². The molecule has 2 aromatic heterocycles. The summed E-state index contributed by atoms with van der Waals surface area (Å²) in [6.07, 6.45) is 0.921. The first kappa shape index (κ1) is 19.1. The predicted octanol–water partition coefficient (Wildman–Crippen LogP) is 3.87. The number of H-pyrrole nitrogens is 1. The summed E-state index contributed by atoms with van der Waals surface area (Å²) < 4.78 is 6.88. The summed E-state index contributed by atoms with van der Waals surface area (Å²) in [5, 5.41) is 17.5. The summed E-state index contributed by atoms with van der Waals surface area (Å²) in [6, 6.07) is 11.8. The Balaban J connectivity index is 1.74. The molecule has 0 bridgehead atoms. The molecule has 31 heavy (non-hydrogen) atoms. The number of aromatic nitrogens is 2. The molecule has 1 aromatic carbocycles. The number of para-hydroxylation sites is 1. The molecule has 5 rings (SSSR count). The van der Waals surface area contributed by atoms with Crippen molar-refractivity contribution in [3.8, 4) is 5.69 Å². The molecular formula is C22H20N4O5. The van der Waals surface area contributed by atoms with Crippen molar-refractivity contribution in [1.29, 1.82) is 0 Å². The van der Waals surface area contributed by atoms with E-state index in [-0.39, 0.29) is 22.5 Å². The van der Waals surface area contributed by atoms with Crippen LogP contribution in [-0.4, -0.2) is 20.5 Å². The molecule has 0 fully saturated rings. The van der Waals surface area contributed by atoms with Crippen molar-refractivity contribution in [2.75, 3.05) is 5.32 Å².